The van der Waals surface area contributed by atoms with E-state index in [2.05, 4.69) is 10.4 Å². The quantitative estimate of drug-likeness (QED) is 0.502. The summed E-state index contributed by atoms with van der Waals surface area (Å²) in [7, 11) is 0. The Morgan fingerprint density at radius 3 is 3.14 bits per heavy atom. The summed E-state index contributed by atoms with van der Waals surface area (Å²) in [4.78, 5) is 4.09. The molecule has 0 radical (unpaired) electrons. The minimum Gasteiger partial charge on any atom is -0.395 e. The lowest BCUT2D eigenvalue weighted by Crippen LogP contribution is -2.11. The molecule has 1 atom stereocenters. The van der Waals surface area contributed by atoms with Crippen LogP contribution in [0.4, 0.5) is 5.82 Å². The number of anilines is 1. The Morgan fingerprint density at radius 1 is 1.71 bits per heavy atom. The van der Waals surface area contributed by atoms with Crippen LogP contribution in [-0.2, 0) is 5.75 Å². The maximum atomic E-state index is 8.86. The summed E-state index contributed by atoms with van der Waals surface area (Å²) in [5.74, 6) is 6.82. The Hall–Kier alpha value is -0.780. The number of aliphatic hydroxyl groups is 1. The van der Waals surface area contributed by atoms with Gasteiger partial charge < -0.3 is 10.5 Å². The van der Waals surface area contributed by atoms with Gasteiger partial charge in [-0.2, -0.15) is 11.8 Å². The fraction of sp³-hybridized carbons (Fsp3) is 0.444. The number of thioether (sulfide) groups is 1. The van der Waals surface area contributed by atoms with Crippen molar-refractivity contribution in [1.82, 2.24) is 4.98 Å². The highest BCUT2D eigenvalue weighted by atomic mass is 32.2. The molecular weight excluding hydrogens is 198 g/mol. The monoisotopic (exact) mass is 213 g/mol. The second-order valence-corrected chi connectivity index (χ2v) is 4.39. The maximum absolute atomic E-state index is 8.86. The van der Waals surface area contributed by atoms with Gasteiger partial charge in [-0.3, -0.25) is 0 Å². The standard InChI is InChI=1S/C9H15N3OS/c1-7(5-13)14-6-8-3-2-4-11-9(8)12-10/h2-4,7,13H,5-6,10H2,1H3,(H,11,12). The van der Waals surface area contributed by atoms with Crippen LogP contribution in [0.3, 0.4) is 0 Å². The van der Waals surface area contributed by atoms with Gasteiger partial charge in [-0.1, -0.05) is 13.0 Å². The number of rotatable bonds is 5. The van der Waals surface area contributed by atoms with Gasteiger partial charge in [0.2, 0.25) is 0 Å². The Kier molecular flexibility index (Phi) is 4.72. The zero-order chi connectivity index (χ0) is 10.4. The normalized spacial score (nSPS) is 12.5. The molecule has 0 aromatic carbocycles. The van der Waals surface area contributed by atoms with Crippen LogP contribution in [-0.4, -0.2) is 21.9 Å². The molecule has 0 spiro atoms. The fourth-order valence-corrected chi connectivity index (χ4v) is 1.77. The number of nitrogen functional groups attached to an aromatic ring is 1. The van der Waals surface area contributed by atoms with Crippen molar-refractivity contribution in [2.24, 2.45) is 5.84 Å². The molecule has 0 saturated heterocycles. The summed E-state index contributed by atoms with van der Waals surface area (Å²) >= 11 is 1.67. The average molecular weight is 213 g/mol. The molecule has 1 rings (SSSR count). The van der Waals surface area contributed by atoms with Crippen LogP contribution in [0.2, 0.25) is 0 Å². The van der Waals surface area contributed by atoms with Crippen LogP contribution in [0.25, 0.3) is 0 Å². The first-order chi connectivity index (χ1) is 6.77. The molecule has 0 aliphatic carbocycles. The molecule has 4 nitrogen and oxygen atoms in total. The zero-order valence-corrected chi connectivity index (χ0v) is 8.92. The molecule has 0 fully saturated rings. The Morgan fingerprint density at radius 2 is 2.50 bits per heavy atom. The van der Waals surface area contributed by atoms with Gasteiger partial charge in [-0.05, 0) is 6.07 Å². The smallest absolute Gasteiger partial charge is 0.143 e. The van der Waals surface area contributed by atoms with E-state index in [4.69, 9.17) is 10.9 Å². The molecule has 0 saturated carbocycles. The van der Waals surface area contributed by atoms with Gasteiger partial charge >= 0.3 is 0 Å². The molecule has 4 N–H and O–H groups in total. The van der Waals surface area contributed by atoms with E-state index in [1.54, 1.807) is 18.0 Å². The van der Waals surface area contributed by atoms with Gasteiger partial charge in [-0.25, -0.2) is 10.8 Å². The third kappa shape index (κ3) is 3.17. The number of pyridine rings is 1. The van der Waals surface area contributed by atoms with Gasteiger partial charge in [0.1, 0.15) is 5.82 Å². The van der Waals surface area contributed by atoms with E-state index in [0.717, 1.165) is 11.3 Å². The topological polar surface area (TPSA) is 71.2 Å². The molecule has 0 amide bonds. The van der Waals surface area contributed by atoms with Gasteiger partial charge in [-0.15, -0.1) is 0 Å². The molecule has 1 heterocycles. The minimum absolute atomic E-state index is 0.191. The van der Waals surface area contributed by atoms with Gasteiger partial charge in [0, 0.05) is 22.8 Å². The van der Waals surface area contributed by atoms with Crippen LogP contribution in [0, 0.1) is 0 Å². The van der Waals surface area contributed by atoms with Crippen molar-refractivity contribution in [3.05, 3.63) is 23.9 Å². The SMILES string of the molecule is CC(CO)SCc1cccnc1NN. The lowest BCUT2D eigenvalue weighted by atomic mass is 10.3. The van der Waals surface area contributed by atoms with Crippen molar-refractivity contribution in [2.45, 2.75) is 17.9 Å². The first-order valence-corrected chi connectivity index (χ1v) is 5.45. The number of hydrogen-bond donors (Lipinski definition) is 3. The number of nitrogens with one attached hydrogen (secondary N) is 1. The molecular formula is C9H15N3OS. The van der Waals surface area contributed by atoms with E-state index in [1.807, 2.05) is 19.1 Å². The van der Waals surface area contributed by atoms with Gasteiger partial charge in [0.15, 0.2) is 0 Å². The number of aliphatic hydroxyl groups excluding tert-OH is 1. The van der Waals surface area contributed by atoms with Crippen molar-refractivity contribution < 1.29 is 5.11 Å². The summed E-state index contributed by atoms with van der Waals surface area (Å²) in [5.41, 5.74) is 3.61. The summed E-state index contributed by atoms with van der Waals surface area (Å²) in [6.45, 7) is 2.17. The summed E-state index contributed by atoms with van der Waals surface area (Å²) in [5, 5.41) is 9.10. The molecule has 1 unspecified atom stereocenters. The van der Waals surface area contributed by atoms with Gasteiger partial charge in [0.05, 0.1) is 6.61 Å². The zero-order valence-electron chi connectivity index (χ0n) is 8.10. The molecule has 78 valence electrons. The summed E-state index contributed by atoms with van der Waals surface area (Å²) < 4.78 is 0. The Bertz CT molecular complexity index is 283. The molecule has 0 aliphatic heterocycles. The van der Waals surface area contributed by atoms with Crippen LogP contribution < -0.4 is 11.3 Å². The number of nitrogens with two attached hydrogens (primary N) is 1. The first-order valence-electron chi connectivity index (χ1n) is 4.41. The molecule has 5 heteroatoms. The highest BCUT2D eigenvalue weighted by molar-refractivity contribution is 7.99. The van der Waals surface area contributed by atoms with Crippen molar-refractivity contribution in [3.63, 3.8) is 0 Å². The summed E-state index contributed by atoms with van der Waals surface area (Å²) in [6.07, 6.45) is 1.69. The highest BCUT2D eigenvalue weighted by Crippen LogP contribution is 2.20. The Balaban J connectivity index is 2.57. The molecule has 1 aromatic heterocycles. The predicted octanol–water partition coefficient (Wildman–Crippen LogP) is 0.981. The number of nitrogens with zero attached hydrogens (tertiary/aromatic N) is 1. The van der Waals surface area contributed by atoms with E-state index < -0.39 is 0 Å². The third-order valence-electron chi connectivity index (χ3n) is 1.81. The molecule has 0 aliphatic rings. The van der Waals surface area contributed by atoms with E-state index in [-0.39, 0.29) is 11.9 Å². The third-order valence-corrected chi connectivity index (χ3v) is 3.00. The van der Waals surface area contributed by atoms with Crippen molar-refractivity contribution >= 4 is 17.6 Å². The lowest BCUT2D eigenvalue weighted by molar-refractivity contribution is 0.300. The molecule has 1 aromatic rings. The second-order valence-electron chi connectivity index (χ2n) is 2.96. The van der Waals surface area contributed by atoms with E-state index in [9.17, 15) is 0 Å². The second kappa shape index (κ2) is 5.85. The van der Waals surface area contributed by atoms with Crippen molar-refractivity contribution in [2.75, 3.05) is 12.0 Å². The van der Waals surface area contributed by atoms with E-state index in [0.29, 0.717) is 5.82 Å². The van der Waals surface area contributed by atoms with Crippen molar-refractivity contribution in [3.8, 4) is 0 Å². The first kappa shape index (κ1) is 11.3. The lowest BCUT2D eigenvalue weighted by Gasteiger charge is -2.09. The van der Waals surface area contributed by atoms with Crippen LogP contribution in [0.5, 0.6) is 0 Å². The molecule has 14 heavy (non-hydrogen) atoms. The number of hydrogen-bond acceptors (Lipinski definition) is 5. The predicted molar refractivity (Wildman–Crippen MR) is 59.9 cm³/mol. The van der Waals surface area contributed by atoms with Crippen LogP contribution in [0.15, 0.2) is 18.3 Å². The largest absolute Gasteiger partial charge is 0.395 e. The number of hydrazine groups is 1. The van der Waals surface area contributed by atoms with Crippen LogP contribution >= 0.6 is 11.8 Å². The Labute approximate surface area is 87.9 Å². The van der Waals surface area contributed by atoms with Crippen molar-refractivity contribution in [1.29, 1.82) is 0 Å². The summed E-state index contributed by atoms with van der Waals surface area (Å²) in [6, 6.07) is 3.85. The van der Waals surface area contributed by atoms with Gasteiger partial charge in [0.25, 0.3) is 0 Å². The fourth-order valence-electron chi connectivity index (χ4n) is 0.970. The van der Waals surface area contributed by atoms with E-state index >= 15 is 0 Å². The molecule has 0 bridgehead atoms. The minimum atomic E-state index is 0.191. The van der Waals surface area contributed by atoms with E-state index in [1.165, 1.54) is 0 Å². The van der Waals surface area contributed by atoms with Crippen LogP contribution in [0.1, 0.15) is 12.5 Å². The average Bonchev–Trinajstić information content (AvgIpc) is 2.26. The maximum Gasteiger partial charge on any atom is 0.143 e. The highest BCUT2D eigenvalue weighted by Gasteiger charge is 2.04. The number of aromatic nitrogens is 1.